The van der Waals surface area contributed by atoms with Gasteiger partial charge in [0.15, 0.2) is 5.75 Å². The number of nitrogens with zero attached hydrogens (tertiary/aromatic N) is 1. The molecule has 0 aliphatic carbocycles. The quantitative estimate of drug-likeness (QED) is 0.158. The van der Waals surface area contributed by atoms with Crippen LogP contribution in [0.5, 0.6) is 11.5 Å². The van der Waals surface area contributed by atoms with Crippen LogP contribution in [0.15, 0.2) is 114 Å². The molecule has 43 heavy (non-hydrogen) atoms. The lowest BCUT2D eigenvalue weighted by molar-refractivity contribution is -0.125. The van der Waals surface area contributed by atoms with Crippen LogP contribution < -0.4 is 20.7 Å². The third kappa shape index (κ3) is 7.94. The summed E-state index contributed by atoms with van der Waals surface area (Å²) in [5, 5.41) is 6.84. The largest absolute Gasteiger partial charge is 0.455 e. The molecule has 5 rings (SSSR count). The highest BCUT2D eigenvalue weighted by Gasteiger charge is 2.21. The van der Waals surface area contributed by atoms with E-state index in [1.54, 1.807) is 34.4 Å². The van der Waals surface area contributed by atoms with Crippen LogP contribution in [0.3, 0.4) is 0 Å². The van der Waals surface area contributed by atoms with Crippen molar-refractivity contribution in [2.45, 2.75) is 32.5 Å². The third-order valence-electron chi connectivity index (χ3n) is 6.97. The second-order valence-corrected chi connectivity index (χ2v) is 10.8. The molecule has 0 aliphatic heterocycles. The minimum Gasteiger partial charge on any atom is -0.455 e. The smallest absolute Gasteiger partial charge is 0.227 e. The molecule has 218 valence electrons. The maximum Gasteiger partial charge on any atom is 0.227 e. The van der Waals surface area contributed by atoms with Gasteiger partial charge in [-0.2, -0.15) is 11.3 Å². The van der Waals surface area contributed by atoms with Crippen molar-refractivity contribution in [2.24, 2.45) is 5.73 Å². The van der Waals surface area contributed by atoms with Gasteiger partial charge >= 0.3 is 0 Å². The fourth-order valence-corrected chi connectivity index (χ4v) is 5.30. The highest BCUT2D eigenvalue weighted by atomic mass is 32.1. The summed E-state index contributed by atoms with van der Waals surface area (Å²) in [6, 6.07) is 31.3. The van der Waals surface area contributed by atoms with Gasteiger partial charge in [-0.3, -0.25) is 9.59 Å². The predicted molar refractivity (Wildman–Crippen MR) is 169 cm³/mol. The number of ether oxygens (including phenoxy) is 1. The maximum atomic E-state index is 14.0. The first kappa shape index (κ1) is 29.7. The molecule has 0 bridgehead atoms. The van der Waals surface area contributed by atoms with Crippen molar-refractivity contribution in [3.63, 3.8) is 0 Å². The number of nitrogens with two attached hydrogens (primary N) is 1. The lowest BCUT2D eigenvalue weighted by Crippen LogP contribution is -2.32. The van der Waals surface area contributed by atoms with Crippen molar-refractivity contribution in [1.29, 1.82) is 0 Å². The molecule has 4 aromatic carbocycles. The summed E-state index contributed by atoms with van der Waals surface area (Å²) in [5.41, 5.74) is 10.9. The summed E-state index contributed by atoms with van der Waals surface area (Å²) >= 11 is 1.64. The number of hydrogen-bond acceptors (Lipinski definition) is 5. The number of para-hydroxylation sites is 2. The van der Waals surface area contributed by atoms with Gasteiger partial charge in [-0.25, -0.2) is 4.39 Å². The Kier molecular flexibility index (Phi) is 9.94. The number of benzene rings is 4. The van der Waals surface area contributed by atoms with E-state index in [0.717, 1.165) is 22.3 Å². The molecule has 2 amide bonds. The first-order valence-electron chi connectivity index (χ1n) is 14.0. The topological polar surface area (TPSA) is 84.7 Å². The average Bonchev–Trinajstić information content (AvgIpc) is 3.58. The van der Waals surface area contributed by atoms with E-state index in [1.165, 1.54) is 6.07 Å². The third-order valence-corrected chi connectivity index (χ3v) is 7.65. The Bertz CT molecular complexity index is 1670. The number of amides is 2. The van der Waals surface area contributed by atoms with Gasteiger partial charge in [0.1, 0.15) is 11.6 Å². The van der Waals surface area contributed by atoms with Gasteiger partial charge in [0.2, 0.25) is 11.8 Å². The average molecular weight is 594 g/mol. The van der Waals surface area contributed by atoms with E-state index in [4.69, 9.17) is 10.5 Å². The Balaban J connectivity index is 1.35. The van der Waals surface area contributed by atoms with Gasteiger partial charge in [0.25, 0.3) is 0 Å². The standard InChI is InChI=1S/C35H32FN3O3S/c36-31-9-2-1-7-28(31)22-38-34(40)16-17-35(41)39(23-25-12-14-27(15-13-25)29-18-19-43-24-29)32-10-3-4-11-33(32)42-30-8-5-6-26(20-30)21-37/h1-15,18-20,24H,16-17,21-23,37H2,(H,38,40). The minimum absolute atomic E-state index is 0.0346. The van der Waals surface area contributed by atoms with Crippen LogP contribution in [0.25, 0.3) is 11.1 Å². The number of thiophene rings is 1. The number of hydrogen-bond donors (Lipinski definition) is 2. The molecule has 5 aromatic rings. The maximum absolute atomic E-state index is 14.0. The Morgan fingerprint density at radius 2 is 1.63 bits per heavy atom. The Labute approximate surface area is 254 Å². The van der Waals surface area contributed by atoms with Gasteiger partial charge in [-0.15, -0.1) is 0 Å². The molecule has 0 fully saturated rings. The van der Waals surface area contributed by atoms with Crippen molar-refractivity contribution in [2.75, 3.05) is 4.90 Å². The highest BCUT2D eigenvalue weighted by Crippen LogP contribution is 2.34. The first-order chi connectivity index (χ1) is 21.0. The number of anilines is 1. The van der Waals surface area contributed by atoms with E-state index >= 15 is 0 Å². The summed E-state index contributed by atoms with van der Waals surface area (Å²) in [6.07, 6.45) is -0.0739. The molecule has 1 aromatic heterocycles. The predicted octanol–water partition coefficient (Wildman–Crippen LogP) is 7.44. The Morgan fingerprint density at radius 1 is 0.837 bits per heavy atom. The summed E-state index contributed by atoms with van der Waals surface area (Å²) in [6.45, 7) is 0.713. The molecule has 6 nitrogen and oxygen atoms in total. The molecule has 1 heterocycles. The number of rotatable bonds is 12. The Hall–Kier alpha value is -4.79. The number of halogens is 1. The second-order valence-electron chi connectivity index (χ2n) is 9.98. The molecular formula is C35H32FN3O3S. The number of carbonyl (C=O) groups excluding carboxylic acids is 2. The highest BCUT2D eigenvalue weighted by molar-refractivity contribution is 7.08. The molecule has 0 saturated carbocycles. The fraction of sp³-hybridized carbons (Fsp3) is 0.143. The van der Waals surface area contributed by atoms with E-state index in [0.29, 0.717) is 29.3 Å². The van der Waals surface area contributed by atoms with Crippen molar-refractivity contribution in [3.05, 3.63) is 136 Å². The van der Waals surface area contributed by atoms with Crippen LogP contribution in [0, 0.1) is 5.82 Å². The summed E-state index contributed by atoms with van der Waals surface area (Å²) < 4.78 is 20.2. The summed E-state index contributed by atoms with van der Waals surface area (Å²) in [7, 11) is 0. The first-order valence-corrected chi connectivity index (χ1v) is 14.9. The zero-order valence-corrected chi connectivity index (χ0v) is 24.4. The van der Waals surface area contributed by atoms with Crippen LogP contribution >= 0.6 is 11.3 Å². The molecule has 0 unspecified atom stereocenters. The molecule has 0 saturated heterocycles. The normalized spacial score (nSPS) is 10.7. The molecular weight excluding hydrogens is 561 g/mol. The van der Waals surface area contributed by atoms with Crippen LogP contribution in [0.4, 0.5) is 10.1 Å². The molecule has 0 spiro atoms. The monoisotopic (exact) mass is 593 g/mol. The second kappa shape index (κ2) is 14.4. The van der Waals surface area contributed by atoms with Crippen LogP contribution in [-0.4, -0.2) is 11.8 Å². The van der Waals surface area contributed by atoms with Crippen LogP contribution in [0.2, 0.25) is 0 Å². The zero-order chi connectivity index (χ0) is 30.0. The summed E-state index contributed by atoms with van der Waals surface area (Å²) in [4.78, 5) is 28.0. The zero-order valence-electron chi connectivity index (χ0n) is 23.5. The van der Waals surface area contributed by atoms with Gasteiger partial charge in [-0.1, -0.05) is 66.7 Å². The van der Waals surface area contributed by atoms with Crippen molar-refractivity contribution < 1.29 is 18.7 Å². The lowest BCUT2D eigenvalue weighted by Gasteiger charge is -2.25. The van der Waals surface area contributed by atoms with Gasteiger partial charge in [0.05, 0.1) is 12.2 Å². The SMILES string of the molecule is NCc1cccc(Oc2ccccc2N(Cc2ccc(-c3ccsc3)cc2)C(=O)CCC(=O)NCc2ccccc2F)c1. The van der Waals surface area contributed by atoms with Crippen molar-refractivity contribution in [3.8, 4) is 22.6 Å². The lowest BCUT2D eigenvalue weighted by atomic mass is 10.1. The molecule has 8 heteroatoms. The minimum atomic E-state index is -0.385. The van der Waals surface area contributed by atoms with E-state index in [2.05, 4.69) is 16.8 Å². The summed E-state index contributed by atoms with van der Waals surface area (Å²) in [5.74, 6) is 0.151. The Morgan fingerprint density at radius 3 is 2.40 bits per heavy atom. The fourth-order valence-electron chi connectivity index (χ4n) is 4.63. The number of nitrogens with one attached hydrogen (secondary N) is 1. The van der Waals surface area contributed by atoms with Crippen LogP contribution in [0.1, 0.15) is 29.5 Å². The number of carbonyl (C=O) groups is 2. The van der Waals surface area contributed by atoms with Crippen LogP contribution in [-0.2, 0) is 29.2 Å². The van der Waals surface area contributed by atoms with E-state index < -0.39 is 0 Å². The van der Waals surface area contributed by atoms with E-state index in [1.807, 2.05) is 78.2 Å². The van der Waals surface area contributed by atoms with Crippen molar-refractivity contribution in [1.82, 2.24) is 5.32 Å². The van der Waals surface area contributed by atoms with Gasteiger partial charge in [-0.05, 0) is 69.4 Å². The molecule has 0 aliphatic rings. The molecule has 0 atom stereocenters. The molecule has 0 radical (unpaired) electrons. The van der Waals surface area contributed by atoms with Gasteiger partial charge < -0.3 is 20.7 Å². The van der Waals surface area contributed by atoms with E-state index in [-0.39, 0.29) is 43.6 Å². The van der Waals surface area contributed by atoms with Crippen molar-refractivity contribution >= 4 is 28.8 Å². The van der Waals surface area contributed by atoms with Gasteiger partial charge in [0, 0.05) is 31.5 Å². The molecule has 3 N–H and O–H groups in total. The van der Waals surface area contributed by atoms with E-state index in [9.17, 15) is 14.0 Å².